The van der Waals surface area contributed by atoms with Crippen LogP contribution in [0.2, 0.25) is 0 Å². The van der Waals surface area contributed by atoms with E-state index < -0.39 is 0 Å². The second-order valence-corrected chi connectivity index (χ2v) is 5.39. The molecule has 0 aromatic heterocycles. The van der Waals surface area contributed by atoms with E-state index in [1.165, 1.54) is 0 Å². The van der Waals surface area contributed by atoms with Crippen molar-refractivity contribution in [1.29, 1.82) is 0 Å². The summed E-state index contributed by atoms with van der Waals surface area (Å²) in [6, 6.07) is 0.519. The Balaban J connectivity index is 1.96. The molecule has 1 saturated heterocycles. The molecule has 3 heteroatoms. The molecular weight excluding hydrogens is 212 g/mol. The third kappa shape index (κ3) is 2.78. The Morgan fingerprint density at radius 1 is 1.47 bits per heavy atom. The first-order chi connectivity index (χ1) is 8.08. The summed E-state index contributed by atoms with van der Waals surface area (Å²) in [7, 11) is 4.17. The normalized spacial score (nSPS) is 28.7. The molecule has 2 aliphatic rings. The van der Waals surface area contributed by atoms with Crippen LogP contribution in [0.3, 0.4) is 0 Å². The van der Waals surface area contributed by atoms with E-state index in [9.17, 15) is 4.79 Å². The van der Waals surface area contributed by atoms with Crippen molar-refractivity contribution >= 4 is 5.91 Å². The molecule has 3 nitrogen and oxygen atoms in total. The second kappa shape index (κ2) is 5.05. The molecule has 2 rings (SSSR count). The van der Waals surface area contributed by atoms with Crippen LogP contribution in [0, 0.1) is 5.92 Å². The monoisotopic (exact) mass is 234 g/mol. The molecule has 1 amide bonds. The van der Waals surface area contributed by atoms with Gasteiger partial charge in [-0.05, 0) is 32.9 Å². The Kier molecular flexibility index (Phi) is 3.67. The zero-order valence-corrected chi connectivity index (χ0v) is 11.0. The standard InChI is InChI=1S/C14H22N2O/c1-11-4-6-12(7-5-11)14(17)16-9-8-13(10-16)15(2)3/h4,6-7,11,13H,5,8-10H2,1-3H3/t11-,13+/m0/s1. The number of allylic oxidation sites excluding steroid dienone is 2. The minimum absolute atomic E-state index is 0.206. The number of hydrogen-bond acceptors (Lipinski definition) is 2. The van der Waals surface area contributed by atoms with Crippen LogP contribution in [0.25, 0.3) is 0 Å². The average molecular weight is 234 g/mol. The molecule has 0 aromatic carbocycles. The maximum Gasteiger partial charge on any atom is 0.253 e. The number of rotatable bonds is 2. The van der Waals surface area contributed by atoms with Gasteiger partial charge >= 0.3 is 0 Å². The van der Waals surface area contributed by atoms with E-state index in [-0.39, 0.29) is 5.91 Å². The van der Waals surface area contributed by atoms with Gasteiger partial charge in [0, 0.05) is 24.7 Å². The molecule has 0 spiro atoms. The third-order valence-electron chi connectivity index (χ3n) is 3.74. The summed E-state index contributed by atoms with van der Waals surface area (Å²) in [5.74, 6) is 0.775. The minimum Gasteiger partial charge on any atom is -0.337 e. The number of hydrogen-bond donors (Lipinski definition) is 0. The zero-order chi connectivity index (χ0) is 12.4. The van der Waals surface area contributed by atoms with Crippen LogP contribution in [0.15, 0.2) is 23.8 Å². The molecule has 1 heterocycles. The van der Waals surface area contributed by atoms with E-state index in [1.54, 1.807) is 0 Å². The summed E-state index contributed by atoms with van der Waals surface area (Å²) in [5.41, 5.74) is 0.877. The first-order valence-corrected chi connectivity index (χ1v) is 6.42. The summed E-state index contributed by atoms with van der Waals surface area (Å²) >= 11 is 0. The maximum atomic E-state index is 12.3. The van der Waals surface area contributed by atoms with Gasteiger partial charge in [0.25, 0.3) is 5.91 Å². The van der Waals surface area contributed by atoms with Gasteiger partial charge in [-0.15, -0.1) is 0 Å². The van der Waals surface area contributed by atoms with Crippen LogP contribution < -0.4 is 0 Å². The molecule has 2 atom stereocenters. The predicted octanol–water partition coefficient (Wildman–Crippen LogP) is 1.67. The lowest BCUT2D eigenvalue weighted by atomic mass is 9.98. The van der Waals surface area contributed by atoms with Crippen LogP contribution in [0.4, 0.5) is 0 Å². The number of carbonyl (C=O) groups is 1. The van der Waals surface area contributed by atoms with E-state index in [0.717, 1.165) is 31.5 Å². The molecule has 0 aromatic rings. The van der Waals surface area contributed by atoms with Crippen molar-refractivity contribution in [2.45, 2.75) is 25.8 Å². The molecule has 1 aliphatic carbocycles. The quantitative estimate of drug-likeness (QED) is 0.725. The highest BCUT2D eigenvalue weighted by Gasteiger charge is 2.28. The number of nitrogens with zero attached hydrogens (tertiary/aromatic N) is 2. The summed E-state index contributed by atoms with van der Waals surface area (Å²) in [4.78, 5) is 16.5. The van der Waals surface area contributed by atoms with Crippen molar-refractivity contribution in [3.63, 3.8) is 0 Å². The summed E-state index contributed by atoms with van der Waals surface area (Å²) in [5, 5.41) is 0. The van der Waals surface area contributed by atoms with Crippen molar-refractivity contribution < 1.29 is 4.79 Å². The molecule has 1 aliphatic heterocycles. The molecule has 0 bridgehead atoms. The van der Waals surface area contributed by atoms with Gasteiger partial charge in [0.1, 0.15) is 0 Å². The molecule has 0 radical (unpaired) electrons. The van der Waals surface area contributed by atoms with Crippen molar-refractivity contribution in [2.75, 3.05) is 27.2 Å². The Bertz CT molecular complexity index is 357. The predicted molar refractivity (Wildman–Crippen MR) is 69.7 cm³/mol. The van der Waals surface area contributed by atoms with Gasteiger partial charge in [-0.2, -0.15) is 0 Å². The SMILES string of the molecule is C[C@H]1C=CC(C(=O)N2CC[C@@H](N(C)C)C2)=CC1. The van der Waals surface area contributed by atoms with E-state index in [0.29, 0.717) is 12.0 Å². The average Bonchev–Trinajstić information content (AvgIpc) is 2.78. The van der Waals surface area contributed by atoms with Gasteiger partial charge in [0.05, 0.1) is 0 Å². The lowest BCUT2D eigenvalue weighted by molar-refractivity contribution is -0.125. The molecule has 17 heavy (non-hydrogen) atoms. The van der Waals surface area contributed by atoms with Gasteiger partial charge in [0.15, 0.2) is 0 Å². The lowest BCUT2D eigenvalue weighted by Crippen LogP contribution is -2.35. The fourth-order valence-electron chi connectivity index (χ4n) is 2.42. The highest BCUT2D eigenvalue weighted by Crippen LogP contribution is 2.20. The Labute approximate surface area is 104 Å². The van der Waals surface area contributed by atoms with E-state index >= 15 is 0 Å². The fourth-order valence-corrected chi connectivity index (χ4v) is 2.42. The van der Waals surface area contributed by atoms with E-state index in [4.69, 9.17) is 0 Å². The zero-order valence-electron chi connectivity index (χ0n) is 11.0. The first-order valence-electron chi connectivity index (χ1n) is 6.42. The van der Waals surface area contributed by atoms with E-state index in [2.05, 4.69) is 38.1 Å². The summed E-state index contributed by atoms with van der Waals surface area (Å²) in [6.07, 6.45) is 8.27. The largest absolute Gasteiger partial charge is 0.337 e. The smallest absolute Gasteiger partial charge is 0.253 e. The van der Waals surface area contributed by atoms with Gasteiger partial charge in [-0.1, -0.05) is 25.2 Å². The van der Waals surface area contributed by atoms with Crippen LogP contribution in [0.5, 0.6) is 0 Å². The van der Waals surface area contributed by atoms with Crippen LogP contribution in [-0.4, -0.2) is 48.9 Å². The van der Waals surface area contributed by atoms with Gasteiger partial charge in [0.2, 0.25) is 0 Å². The van der Waals surface area contributed by atoms with E-state index in [1.807, 2.05) is 11.0 Å². The summed E-state index contributed by atoms with van der Waals surface area (Å²) < 4.78 is 0. The van der Waals surface area contributed by atoms with Crippen LogP contribution in [0.1, 0.15) is 19.8 Å². The van der Waals surface area contributed by atoms with Gasteiger partial charge in [-0.3, -0.25) is 4.79 Å². The van der Waals surface area contributed by atoms with Crippen molar-refractivity contribution in [3.05, 3.63) is 23.8 Å². The number of likely N-dealkylation sites (N-methyl/N-ethyl adjacent to an activating group) is 1. The lowest BCUT2D eigenvalue weighted by Gasteiger charge is -2.21. The fraction of sp³-hybridized carbons (Fsp3) is 0.643. The highest BCUT2D eigenvalue weighted by atomic mass is 16.2. The Hall–Kier alpha value is -1.09. The molecule has 1 fully saturated rings. The third-order valence-corrected chi connectivity index (χ3v) is 3.74. The Morgan fingerprint density at radius 2 is 2.24 bits per heavy atom. The van der Waals surface area contributed by atoms with Crippen molar-refractivity contribution in [1.82, 2.24) is 9.80 Å². The molecular formula is C14H22N2O. The van der Waals surface area contributed by atoms with Crippen molar-refractivity contribution in [3.8, 4) is 0 Å². The highest BCUT2D eigenvalue weighted by molar-refractivity contribution is 5.96. The van der Waals surface area contributed by atoms with Gasteiger partial charge < -0.3 is 9.80 Å². The summed E-state index contributed by atoms with van der Waals surface area (Å²) in [6.45, 7) is 3.93. The number of likely N-dealkylation sites (tertiary alicyclic amines) is 1. The minimum atomic E-state index is 0.206. The molecule has 0 saturated carbocycles. The molecule has 0 unspecified atom stereocenters. The van der Waals surface area contributed by atoms with Crippen LogP contribution >= 0.6 is 0 Å². The topological polar surface area (TPSA) is 23.6 Å². The van der Waals surface area contributed by atoms with Crippen LogP contribution in [-0.2, 0) is 4.79 Å². The maximum absolute atomic E-state index is 12.3. The molecule has 94 valence electrons. The second-order valence-electron chi connectivity index (χ2n) is 5.39. The van der Waals surface area contributed by atoms with Gasteiger partial charge in [-0.25, -0.2) is 0 Å². The number of carbonyl (C=O) groups excluding carboxylic acids is 1. The first kappa shape index (κ1) is 12.4. The number of amides is 1. The molecule has 0 N–H and O–H groups in total. The Morgan fingerprint density at radius 3 is 2.76 bits per heavy atom. The van der Waals surface area contributed by atoms with Crippen molar-refractivity contribution in [2.24, 2.45) is 5.92 Å².